The van der Waals surface area contributed by atoms with Crippen molar-refractivity contribution in [2.24, 2.45) is 0 Å². The first kappa shape index (κ1) is 11.5. The number of nitrogens with zero attached hydrogens (tertiary/aromatic N) is 1. The van der Waals surface area contributed by atoms with E-state index in [2.05, 4.69) is 10.5 Å². The molecule has 0 aliphatic heterocycles. The first-order valence-electron chi connectivity index (χ1n) is 6.19. The van der Waals surface area contributed by atoms with Crippen LogP contribution >= 0.6 is 0 Å². The molecule has 5 heteroatoms. The van der Waals surface area contributed by atoms with Gasteiger partial charge in [0.2, 0.25) is 0 Å². The topological polar surface area (TPSA) is 71.4 Å². The lowest BCUT2D eigenvalue weighted by Crippen LogP contribution is -2.34. The molecule has 0 saturated carbocycles. The Morgan fingerprint density at radius 3 is 3.22 bits per heavy atom. The smallest absolute Gasteiger partial charge is 0.140 e. The van der Waals surface area contributed by atoms with Crippen LogP contribution in [0, 0.1) is 0 Å². The Hall–Kier alpha value is -1.59. The Balaban J connectivity index is 1.63. The molecule has 0 aromatic carbocycles. The van der Waals surface area contributed by atoms with Crippen molar-refractivity contribution in [3.63, 3.8) is 0 Å². The monoisotopic (exact) mass is 248 g/mol. The lowest BCUT2D eigenvalue weighted by atomic mass is 9.92. The number of hydrogen-bond acceptors (Lipinski definition) is 5. The molecule has 0 amide bonds. The summed E-state index contributed by atoms with van der Waals surface area (Å²) < 4.78 is 10.5. The third-order valence-electron chi connectivity index (χ3n) is 3.42. The van der Waals surface area contributed by atoms with Crippen LogP contribution in [0.25, 0.3) is 0 Å². The Morgan fingerprint density at radius 1 is 1.50 bits per heavy atom. The average molecular weight is 248 g/mol. The zero-order valence-corrected chi connectivity index (χ0v) is 10.1. The number of nitrogens with one attached hydrogen (secondary N) is 1. The van der Waals surface area contributed by atoms with Crippen LogP contribution in [0.2, 0.25) is 0 Å². The standard InChI is InChI=1S/C13H16N2O3/c16-8-12-11-6-9(3-4-13(11)18-15-12)14-7-10-2-1-5-17-10/h1-2,5,9,14,16H,3-4,6-8H2. The highest BCUT2D eigenvalue weighted by molar-refractivity contribution is 5.26. The predicted molar refractivity (Wildman–Crippen MR) is 63.8 cm³/mol. The largest absolute Gasteiger partial charge is 0.468 e. The molecule has 2 aromatic rings. The Labute approximate surface area is 105 Å². The SMILES string of the molecule is OCc1noc2c1CC(NCc1ccco1)CC2. The van der Waals surface area contributed by atoms with Gasteiger partial charge < -0.3 is 19.4 Å². The van der Waals surface area contributed by atoms with Crippen LogP contribution < -0.4 is 5.32 Å². The van der Waals surface area contributed by atoms with E-state index >= 15 is 0 Å². The normalized spacial score (nSPS) is 18.8. The van der Waals surface area contributed by atoms with Gasteiger partial charge in [-0.15, -0.1) is 0 Å². The molecule has 5 nitrogen and oxygen atoms in total. The lowest BCUT2D eigenvalue weighted by molar-refractivity contribution is 0.265. The van der Waals surface area contributed by atoms with Crippen LogP contribution in [0.4, 0.5) is 0 Å². The van der Waals surface area contributed by atoms with Gasteiger partial charge in [0.25, 0.3) is 0 Å². The quantitative estimate of drug-likeness (QED) is 0.856. The Morgan fingerprint density at radius 2 is 2.44 bits per heavy atom. The van der Waals surface area contributed by atoms with E-state index in [0.717, 1.165) is 42.9 Å². The van der Waals surface area contributed by atoms with E-state index in [1.54, 1.807) is 6.26 Å². The van der Waals surface area contributed by atoms with Crippen LogP contribution in [0.1, 0.15) is 29.2 Å². The second kappa shape index (κ2) is 4.96. The molecule has 2 aromatic heterocycles. The van der Waals surface area contributed by atoms with Crippen LogP contribution in [0.5, 0.6) is 0 Å². The minimum atomic E-state index is -0.0518. The molecule has 3 rings (SSSR count). The van der Waals surface area contributed by atoms with Crippen molar-refractivity contribution >= 4 is 0 Å². The number of furan rings is 1. The van der Waals surface area contributed by atoms with Crippen molar-refractivity contribution in [3.05, 3.63) is 41.2 Å². The third kappa shape index (κ3) is 2.19. The van der Waals surface area contributed by atoms with E-state index in [0.29, 0.717) is 11.7 Å². The van der Waals surface area contributed by atoms with Gasteiger partial charge in [0.05, 0.1) is 19.4 Å². The van der Waals surface area contributed by atoms with Crippen molar-refractivity contribution in [2.45, 2.75) is 38.5 Å². The summed E-state index contributed by atoms with van der Waals surface area (Å²) in [5, 5.41) is 16.5. The van der Waals surface area contributed by atoms with Gasteiger partial charge in [-0.05, 0) is 25.0 Å². The van der Waals surface area contributed by atoms with Crippen LogP contribution in [0.15, 0.2) is 27.3 Å². The van der Waals surface area contributed by atoms with Crippen LogP contribution in [-0.2, 0) is 26.0 Å². The fourth-order valence-electron chi connectivity index (χ4n) is 2.42. The molecule has 1 atom stereocenters. The number of hydrogen-bond donors (Lipinski definition) is 2. The zero-order valence-electron chi connectivity index (χ0n) is 10.1. The molecule has 18 heavy (non-hydrogen) atoms. The van der Waals surface area contributed by atoms with E-state index in [1.807, 2.05) is 12.1 Å². The highest BCUT2D eigenvalue weighted by Crippen LogP contribution is 2.24. The molecule has 0 spiro atoms. The second-order valence-corrected chi connectivity index (χ2v) is 4.59. The van der Waals surface area contributed by atoms with Crippen molar-refractivity contribution in [3.8, 4) is 0 Å². The maximum absolute atomic E-state index is 9.19. The zero-order chi connectivity index (χ0) is 12.4. The molecule has 96 valence electrons. The van der Waals surface area contributed by atoms with E-state index in [-0.39, 0.29) is 6.61 Å². The van der Waals surface area contributed by atoms with Gasteiger partial charge in [0, 0.05) is 18.0 Å². The van der Waals surface area contributed by atoms with Gasteiger partial charge in [-0.1, -0.05) is 5.16 Å². The molecular weight excluding hydrogens is 232 g/mol. The first-order chi connectivity index (χ1) is 8.86. The molecule has 0 fully saturated rings. The third-order valence-corrected chi connectivity index (χ3v) is 3.42. The number of aromatic nitrogens is 1. The molecule has 0 saturated heterocycles. The van der Waals surface area contributed by atoms with Gasteiger partial charge in [-0.25, -0.2) is 0 Å². The van der Waals surface area contributed by atoms with E-state index < -0.39 is 0 Å². The maximum Gasteiger partial charge on any atom is 0.140 e. The second-order valence-electron chi connectivity index (χ2n) is 4.59. The first-order valence-corrected chi connectivity index (χ1v) is 6.19. The van der Waals surface area contributed by atoms with Crippen molar-refractivity contribution < 1.29 is 14.0 Å². The fourth-order valence-corrected chi connectivity index (χ4v) is 2.42. The maximum atomic E-state index is 9.19. The molecule has 0 radical (unpaired) electrons. The lowest BCUT2D eigenvalue weighted by Gasteiger charge is -2.22. The highest BCUT2D eigenvalue weighted by Gasteiger charge is 2.25. The van der Waals surface area contributed by atoms with Crippen molar-refractivity contribution in [2.75, 3.05) is 0 Å². The Kier molecular flexibility index (Phi) is 3.17. The summed E-state index contributed by atoms with van der Waals surface area (Å²) in [6.07, 6.45) is 4.43. The molecule has 1 aliphatic rings. The van der Waals surface area contributed by atoms with Crippen molar-refractivity contribution in [1.29, 1.82) is 0 Å². The van der Waals surface area contributed by atoms with Gasteiger partial charge >= 0.3 is 0 Å². The number of aliphatic hydroxyl groups is 1. The summed E-state index contributed by atoms with van der Waals surface area (Å²) in [4.78, 5) is 0. The molecule has 1 aliphatic carbocycles. The van der Waals surface area contributed by atoms with E-state index in [9.17, 15) is 5.11 Å². The summed E-state index contributed by atoms with van der Waals surface area (Å²) >= 11 is 0. The number of aliphatic hydroxyl groups excluding tert-OH is 1. The van der Waals surface area contributed by atoms with Gasteiger partial charge in [-0.3, -0.25) is 0 Å². The van der Waals surface area contributed by atoms with Crippen LogP contribution in [-0.4, -0.2) is 16.3 Å². The number of fused-ring (bicyclic) bond motifs is 1. The molecule has 2 N–H and O–H groups in total. The molecule has 1 unspecified atom stereocenters. The number of aryl methyl sites for hydroxylation is 1. The minimum Gasteiger partial charge on any atom is -0.468 e. The van der Waals surface area contributed by atoms with E-state index in [1.165, 1.54) is 0 Å². The average Bonchev–Trinajstić information content (AvgIpc) is 3.05. The van der Waals surface area contributed by atoms with Crippen LogP contribution in [0.3, 0.4) is 0 Å². The Bertz CT molecular complexity index is 491. The summed E-state index contributed by atoms with van der Waals surface area (Å²) in [5.74, 6) is 1.86. The fraction of sp³-hybridized carbons (Fsp3) is 0.462. The summed E-state index contributed by atoms with van der Waals surface area (Å²) in [5.41, 5.74) is 1.75. The molecular formula is C13H16N2O3. The predicted octanol–water partition coefficient (Wildman–Crippen LogP) is 1.41. The summed E-state index contributed by atoms with van der Waals surface area (Å²) in [6, 6.07) is 4.23. The number of rotatable bonds is 4. The highest BCUT2D eigenvalue weighted by atomic mass is 16.5. The van der Waals surface area contributed by atoms with Crippen molar-refractivity contribution in [1.82, 2.24) is 10.5 Å². The molecule has 2 heterocycles. The molecule has 0 bridgehead atoms. The summed E-state index contributed by atoms with van der Waals surface area (Å²) in [6.45, 7) is 0.677. The van der Waals surface area contributed by atoms with Gasteiger partial charge in [0.15, 0.2) is 0 Å². The van der Waals surface area contributed by atoms with Gasteiger partial charge in [0.1, 0.15) is 17.2 Å². The van der Waals surface area contributed by atoms with E-state index in [4.69, 9.17) is 8.94 Å². The summed E-state index contributed by atoms with van der Waals surface area (Å²) in [7, 11) is 0. The minimum absolute atomic E-state index is 0.0518. The van der Waals surface area contributed by atoms with Gasteiger partial charge in [-0.2, -0.15) is 0 Å².